The Bertz CT molecular complexity index is 730. The van der Waals surface area contributed by atoms with Crippen LogP contribution >= 0.6 is 0 Å². The number of nitrogens with one attached hydrogen (secondary N) is 1. The second kappa shape index (κ2) is 11.2. The van der Waals surface area contributed by atoms with Crippen LogP contribution in [0.1, 0.15) is 18.1 Å². The number of ether oxygens (including phenoxy) is 2. The van der Waals surface area contributed by atoms with Crippen LogP contribution < -0.4 is 14.8 Å². The molecule has 0 aliphatic carbocycles. The molecule has 0 amide bonds. The van der Waals surface area contributed by atoms with Crippen molar-refractivity contribution < 1.29 is 9.47 Å². The summed E-state index contributed by atoms with van der Waals surface area (Å²) < 4.78 is 11.5. The highest BCUT2D eigenvalue weighted by Gasteiger charge is 2.16. The molecule has 3 rings (SSSR count). The first kappa shape index (κ1) is 21.6. The van der Waals surface area contributed by atoms with E-state index in [9.17, 15) is 0 Å². The molecule has 1 aliphatic rings. The molecule has 1 atom stereocenters. The number of hydrogen-bond donors (Lipinski definition) is 1. The van der Waals surface area contributed by atoms with Gasteiger partial charge < -0.3 is 24.6 Å². The number of methoxy groups -OCH3 is 1. The summed E-state index contributed by atoms with van der Waals surface area (Å²) in [6.07, 6.45) is 0. The van der Waals surface area contributed by atoms with Gasteiger partial charge in [0.15, 0.2) is 11.5 Å². The minimum atomic E-state index is 0.538. The number of rotatable bonds is 10. The molecular formula is C24H35N3O2. The van der Waals surface area contributed by atoms with Crippen LogP contribution in [-0.2, 0) is 13.2 Å². The maximum atomic E-state index is 6.03. The Balaban J connectivity index is 1.46. The van der Waals surface area contributed by atoms with E-state index in [1.54, 1.807) is 7.11 Å². The highest BCUT2D eigenvalue weighted by atomic mass is 16.5. The summed E-state index contributed by atoms with van der Waals surface area (Å²) in [6, 6.07) is 16.4. The quantitative estimate of drug-likeness (QED) is 0.666. The maximum absolute atomic E-state index is 6.03. The number of likely N-dealkylation sites (N-methyl/N-ethyl adjacent to an activating group) is 1. The van der Waals surface area contributed by atoms with Crippen molar-refractivity contribution in [3.63, 3.8) is 0 Å². The van der Waals surface area contributed by atoms with Crippen LogP contribution in [0.5, 0.6) is 11.5 Å². The van der Waals surface area contributed by atoms with E-state index in [-0.39, 0.29) is 0 Å². The van der Waals surface area contributed by atoms with Gasteiger partial charge in [0.05, 0.1) is 7.11 Å². The first-order valence-electron chi connectivity index (χ1n) is 10.6. The van der Waals surface area contributed by atoms with Crippen LogP contribution in [-0.4, -0.2) is 63.2 Å². The van der Waals surface area contributed by atoms with E-state index in [0.29, 0.717) is 12.5 Å². The molecular weight excluding hydrogens is 362 g/mol. The topological polar surface area (TPSA) is 37.0 Å². The number of nitrogens with zero attached hydrogens (tertiary/aromatic N) is 2. The third-order valence-electron chi connectivity index (χ3n) is 5.45. The predicted octanol–water partition coefficient (Wildman–Crippen LogP) is 3.25. The summed E-state index contributed by atoms with van der Waals surface area (Å²) in [5.74, 6) is 2.19. The van der Waals surface area contributed by atoms with E-state index >= 15 is 0 Å². The number of benzene rings is 2. The Morgan fingerprint density at radius 3 is 2.45 bits per heavy atom. The van der Waals surface area contributed by atoms with Crippen LogP contribution in [0.15, 0.2) is 48.5 Å². The minimum absolute atomic E-state index is 0.538. The van der Waals surface area contributed by atoms with Gasteiger partial charge >= 0.3 is 0 Å². The molecule has 1 N–H and O–H groups in total. The zero-order valence-electron chi connectivity index (χ0n) is 18.1. The summed E-state index contributed by atoms with van der Waals surface area (Å²) in [6.45, 7) is 10.6. The molecule has 29 heavy (non-hydrogen) atoms. The van der Waals surface area contributed by atoms with Crippen molar-refractivity contribution in [1.82, 2.24) is 15.1 Å². The molecule has 0 saturated carbocycles. The van der Waals surface area contributed by atoms with Crippen molar-refractivity contribution in [2.75, 3.05) is 53.4 Å². The summed E-state index contributed by atoms with van der Waals surface area (Å²) in [5.41, 5.74) is 2.36. The summed E-state index contributed by atoms with van der Waals surface area (Å²) in [4.78, 5) is 4.98. The van der Waals surface area contributed by atoms with Crippen molar-refractivity contribution >= 4 is 0 Å². The van der Waals surface area contributed by atoms with Gasteiger partial charge in [0, 0.05) is 39.3 Å². The molecule has 0 aromatic heterocycles. The van der Waals surface area contributed by atoms with Crippen LogP contribution in [0.2, 0.25) is 0 Å². The summed E-state index contributed by atoms with van der Waals surface area (Å²) >= 11 is 0. The molecule has 1 aliphatic heterocycles. The minimum Gasteiger partial charge on any atom is -0.493 e. The molecule has 0 radical (unpaired) electrons. The highest BCUT2D eigenvalue weighted by Crippen LogP contribution is 2.29. The SMILES string of the molecule is COc1ccc(CNCC(C)CN2CCN(C)CC2)cc1OCc1ccccc1. The Kier molecular flexibility index (Phi) is 8.35. The molecule has 2 aromatic carbocycles. The molecule has 1 saturated heterocycles. The smallest absolute Gasteiger partial charge is 0.161 e. The van der Waals surface area contributed by atoms with Crippen LogP contribution in [0.25, 0.3) is 0 Å². The fraction of sp³-hybridized carbons (Fsp3) is 0.500. The van der Waals surface area contributed by atoms with Crippen molar-refractivity contribution in [2.45, 2.75) is 20.1 Å². The first-order valence-corrected chi connectivity index (χ1v) is 10.6. The Hall–Kier alpha value is -2.08. The van der Waals surface area contributed by atoms with Gasteiger partial charge in [0.1, 0.15) is 6.61 Å². The molecule has 5 heteroatoms. The molecule has 1 unspecified atom stereocenters. The second-order valence-corrected chi connectivity index (χ2v) is 8.10. The zero-order chi connectivity index (χ0) is 20.5. The summed E-state index contributed by atoms with van der Waals surface area (Å²) in [7, 11) is 3.89. The van der Waals surface area contributed by atoms with Gasteiger partial charge in [0.2, 0.25) is 0 Å². The third kappa shape index (κ3) is 7.03. The normalized spacial score (nSPS) is 16.5. The van der Waals surface area contributed by atoms with Gasteiger partial charge in [-0.15, -0.1) is 0 Å². The fourth-order valence-corrected chi connectivity index (χ4v) is 3.68. The van der Waals surface area contributed by atoms with Crippen LogP contribution in [0.4, 0.5) is 0 Å². The lowest BCUT2D eigenvalue weighted by atomic mass is 10.1. The molecule has 2 aromatic rings. The average molecular weight is 398 g/mol. The Morgan fingerprint density at radius 2 is 1.72 bits per heavy atom. The lowest BCUT2D eigenvalue weighted by Crippen LogP contribution is -2.46. The molecule has 5 nitrogen and oxygen atoms in total. The standard InChI is InChI=1S/C24H35N3O2/c1-20(18-27-13-11-26(2)12-14-27)16-25-17-22-9-10-23(28-3)24(15-22)29-19-21-7-5-4-6-8-21/h4-10,15,20,25H,11-14,16-19H2,1-3H3. The molecule has 158 valence electrons. The van der Waals surface area contributed by atoms with Gasteiger partial charge in [-0.1, -0.05) is 43.3 Å². The lowest BCUT2D eigenvalue weighted by Gasteiger charge is -2.34. The van der Waals surface area contributed by atoms with E-state index in [1.165, 1.54) is 31.7 Å². The first-order chi connectivity index (χ1) is 14.1. The van der Waals surface area contributed by atoms with E-state index in [0.717, 1.165) is 36.7 Å². The van der Waals surface area contributed by atoms with Gasteiger partial charge in [0.25, 0.3) is 0 Å². The fourth-order valence-electron chi connectivity index (χ4n) is 3.68. The van der Waals surface area contributed by atoms with Crippen LogP contribution in [0, 0.1) is 5.92 Å². The highest BCUT2D eigenvalue weighted by molar-refractivity contribution is 5.43. The van der Waals surface area contributed by atoms with Gasteiger partial charge in [-0.25, -0.2) is 0 Å². The maximum Gasteiger partial charge on any atom is 0.161 e. The van der Waals surface area contributed by atoms with Gasteiger partial charge in [-0.3, -0.25) is 0 Å². The second-order valence-electron chi connectivity index (χ2n) is 8.10. The van der Waals surface area contributed by atoms with Gasteiger partial charge in [-0.05, 0) is 42.8 Å². The monoisotopic (exact) mass is 397 g/mol. The predicted molar refractivity (Wildman–Crippen MR) is 119 cm³/mol. The van der Waals surface area contributed by atoms with Crippen molar-refractivity contribution in [3.05, 3.63) is 59.7 Å². The lowest BCUT2D eigenvalue weighted by molar-refractivity contribution is 0.138. The largest absolute Gasteiger partial charge is 0.493 e. The number of piperazine rings is 1. The van der Waals surface area contributed by atoms with E-state index < -0.39 is 0 Å². The molecule has 0 bridgehead atoms. The number of hydrogen-bond acceptors (Lipinski definition) is 5. The van der Waals surface area contributed by atoms with E-state index in [2.05, 4.69) is 53.4 Å². The van der Waals surface area contributed by atoms with Crippen molar-refractivity contribution in [1.29, 1.82) is 0 Å². The Labute approximate surface area is 175 Å². The molecule has 0 spiro atoms. The van der Waals surface area contributed by atoms with Gasteiger partial charge in [-0.2, -0.15) is 0 Å². The average Bonchev–Trinajstić information content (AvgIpc) is 2.75. The molecule has 1 fully saturated rings. The zero-order valence-corrected chi connectivity index (χ0v) is 18.1. The van der Waals surface area contributed by atoms with E-state index in [4.69, 9.17) is 9.47 Å². The van der Waals surface area contributed by atoms with Crippen LogP contribution in [0.3, 0.4) is 0 Å². The third-order valence-corrected chi connectivity index (χ3v) is 5.45. The van der Waals surface area contributed by atoms with Crippen molar-refractivity contribution in [2.24, 2.45) is 5.92 Å². The summed E-state index contributed by atoms with van der Waals surface area (Å²) in [5, 5.41) is 3.60. The molecule has 1 heterocycles. The van der Waals surface area contributed by atoms with Crippen molar-refractivity contribution in [3.8, 4) is 11.5 Å². The Morgan fingerprint density at radius 1 is 0.966 bits per heavy atom. The van der Waals surface area contributed by atoms with E-state index in [1.807, 2.05) is 24.3 Å².